The first kappa shape index (κ1) is 24.6. The summed E-state index contributed by atoms with van der Waals surface area (Å²) in [6.07, 6.45) is 0.444. The minimum Gasteiger partial charge on any atom is -0.480 e. The van der Waals surface area contributed by atoms with E-state index in [1.807, 2.05) is 44.2 Å². The maximum absolute atomic E-state index is 12.9. The fraction of sp³-hybridized carbons (Fsp3) is 0.333. The van der Waals surface area contributed by atoms with Crippen LogP contribution in [0.3, 0.4) is 0 Å². The molecule has 0 aliphatic heterocycles. The molecule has 8 nitrogen and oxygen atoms in total. The van der Waals surface area contributed by atoms with Gasteiger partial charge in [0.1, 0.15) is 12.1 Å². The Morgan fingerprint density at radius 1 is 0.844 bits per heavy atom. The topological polar surface area (TPSA) is 125 Å². The number of carbonyl (C=O) groups is 4. The second kappa shape index (κ2) is 12.2. The zero-order valence-corrected chi connectivity index (χ0v) is 18.2. The molecule has 170 valence electrons. The van der Waals surface area contributed by atoms with Crippen molar-refractivity contribution in [2.75, 3.05) is 6.54 Å². The monoisotopic (exact) mass is 439 g/mol. The van der Waals surface area contributed by atoms with Crippen LogP contribution in [0.25, 0.3) is 0 Å². The lowest BCUT2D eigenvalue weighted by Crippen LogP contribution is -2.54. The Labute approximate surface area is 187 Å². The van der Waals surface area contributed by atoms with Crippen molar-refractivity contribution in [2.24, 2.45) is 5.92 Å². The van der Waals surface area contributed by atoms with E-state index < -0.39 is 35.8 Å². The van der Waals surface area contributed by atoms with Crippen LogP contribution in [0.1, 0.15) is 36.2 Å². The standard InChI is InChI=1S/C24H29N3O5/c1-16(2)13-20(24(31)32)27-23(30)19(14-17-9-5-3-6-10-17)26-21(28)15-25-22(29)18-11-7-4-8-12-18/h3-12,16,19-20H,13-15H2,1-2H3,(H,25,29)(H,26,28)(H,27,30)(H,31,32). The van der Waals surface area contributed by atoms with Gasteiger partial charge in [-0.2, -0.15) is 0 Å². The number of rotatable bonds is 11. The Morgan fingerprint density at radius 2 is 1.44 bits per heavy atom. The van der Waals surface area contributed by atoms with Gasteiger partial charge in [-0.05, 0) is 30.0 Å². The highest BCUT2D eigenvalue weighted by atomic mass is 16.4. The van der Waals surface area contributed by atoms with E-state index in [1.165, 1.54) is 0 Å². The zero-order valence-electron chi connectivity index (χ0n) is 18.2. The van der Waals surface area contributed by atoms with Crippen LogP contribution >= 0.6 is 0 Å². The fourth-order valence-corrected chi connectivity index (χ4v) is 3.12. The van der Waals surface area contributed by atoms with E-state index in [9.17, 15) is 24.3 Å². The number of aliphatic carboxylic acids is 1. The Hall–Kier alpha value is -3.68. The van der Waals surface area contributed by atoms with Gasteiger partial charge in [0.25, 0.3) is 5.91 Å². The molecule has 0 heterocycles. The maximum atomic E-state index is 12.9. The van der Waals surface area contributed by atoms with Gasteiger partial charge in [0, 0.05) is 12.0 Å². The van der Waals surface area contributed by atoms with Crippen molar-refractivity contribution < 1.29 is 24.3 Å². The average molecular weight is 440 g/mol. The van der Waals surface area contributed by atoms with E-state index in [0.717, 1.165) is 5.56 Å². The molecule has 0 bridgehead atoms. The first-order chi connectivity index (χ1) is 15.3. The molecule has 0 spiro atoms. The quantitative estimate of drug-likeness (QED) is 0.425. The second-order valence-electron chi connectivity index (χ2n) is 7.89. The van der Waals surface area contributed by atoms with E-state index >= 15 is 0 Å². The maximum Gasteiger partial charge on any atom is 0.326 e. The van der Waals surface area contributed by atoms with Gasteiger partial charge in [-0.15, -0.1) is 0 Å². The van der Waals surface area contributed by atoms with Gasteiger partial charge < -0.3 is 21.1 Å². The molecule has 8 heteroatoms. The van der Waals surface area contributed by atoms with Crippen LogP contribution < -0.4 is 16.0 Å². The number of hydrogen-bond donors (Lipinski definition) is 4. The summed E-state index contributed by atoms with van der Waals surface area (Å²) in [5.41, 5.74) is 1.22. The van der Waals surface area contributed by atoms with Gasteiger partial charge in [0.15, 0.2) is 0 Å². The number of carboxylic acids is 1. The van der Waals surface area contributed by atoms with E-state index in [4.69, 9.17) is 0 Å². The molecule has 0 aliphatic rings. The molecule has 4 N–H and O–H groups in total. The van der Waals surface area contributed by atoms with Crippen molar-refractivity contribution in [3.8, 4) is 0 Å². The van der Waals surface area contributed by atoms with Crippen LogP contribution in [0, 0.1) is 5.92 Å². The molecule has 0 saturated carbocycles. The van der Waals surface area contributed by atoms with Crippen molar-refractivity contribution in [2.45, 2.75) is 38.8 Å². The van der Waals surface area contributed by atoms with E-state index in [2.05, 4.69) is 16.0 Å². The third-order valence-corrected chi connectivity index (χ3v) is 4.70. The molecule has 2 aromatic rings. The summed E-state index contributed by atoms with van der Waals surface area (Å²) in [4.78, 5) is 49.0. The van der Waals surface area contributed by atoms with Gasteiger partial charge in [-0.1, -0.05) is 62.4 Å². The molecule has 2 aromatic carbocycles. The first-order valence-corrected chi connectivity index (χ1v) is 10.5. The van der Waals surface area contributed by atoms with Crippen LogP contribution in [0.15, 0.2) is 60.7 Å². The Kier molecular flexibility index (Phi) is 9.41. The summed E-state index contributed by atoms with van der Waals surface area (Å²) in [6.45, 7) is 3.40. The highest BCUT2D eigenvalue weighted by Gasteiger charge is 2.27. The van der Waals surface area contributed by atoms with Crippen LogP contribution in [-0.2, 0) is 20.8 Å². The number of benzene rings is 2. The molecule has 0 radical (unpaired) electrons. The molecule has 32 heavy (non-hydrogen) atoms. The minimum atomic E-state index is -1.13. The lowest BCUT2D eigenvalue weighted by atomic mass is 10.0. The van der Waals surface area contributed by atoms with E-state index in [-0.39, 0.29) is 25.3 Å². The summed E-state index contributed by atoms with van der Waals surface area (Å²) in [7, 11) is 0. The van der Waals surface area contributed by atoms with Gasteiger partial charge >= 0.3 is 5.97 Å². The summed E-state index contributed by atoms with van der Waals surface area (Å²) >= 11 is 0. The van der Waals surface area contributed by atoms with Crippen molar-refractivity contribution >= 4 is 23.7 Å². The van der Waals surface area contributed by atoms with Crippen molar-refractivity contribution in [1.82, 2.24) is 16.0 Å². The molecule has 0 aliphatic carbocycles. The van der Waals surface area contributed by atoms with Crippen LogP contribution in [0.4, 0.5) is 0 Å². The molecule has 0 saturated heterocycles. The highest BCUT2D eigenvalue weighted by molar-refractivity contribution is 5.97. The number of hydrogen-bond acceptors (Lipinski definition) is 4. The fourth-order valence-electron chi connectivity index (χ4n) is 3.12. The smallest absolute Gasteiger partial charge is 0.326 e. The molecule has 0 fully saturated rings. The van der Waals surface area contributed by atoms with Crippen molar-refractivity contribution in [3.05, 3.63) is 71.8 Å². The predicted octanol–water partition coefficient (Wildman–Crippen LogP) is 1.76. The predicted molar refractivity (Wildman–Crippen MR) is 120 cm³/mol. The molecular formula is C24H29N3O5. The molecular weight excluding hydrogens is 410 g/mol. The first-order valence-electron chi connectivity index (χ1n) is 10.5. The number of carboxylic acid groups (broad SMARTS) is 1. The molecule has 2 unspecified atom stereocenters. The van der Waals surface area contributed by atoms with Gasteiger partial charge in [0.05, 0.1) is 6.54 Å². The summed E-state index contributed by atoms with van der Waals surface area (Å²) in [5.74, 6) is -2.63. The Bertz CT molecular complexity index is 916. The van der Waals surface area contributed by atoms with E-state index in [0.29, 0.717) is 5.56 Å². The van der Waals surface area contributed by atoms with Crippen LogP contribution in [-0.4, -0.2) is 47.4 Å². The lowest BCUT2D eigenvalue weighted by molar-refractivity contribution is -0.142. The van der Waals surface area contributed by atoms with Gasteiger partial charge in [0.2, 0.25) is 11.8 Å². The zero-order chi connectivity index (χ0) is 23.5. The second-order valence-corrected chi connectivity index (χ2v) is 7.89. The molecule has 2 rings (SSSR count). The van der Waals surface area contributed by atoms with Crippen molar-refractivity contribution in [1.29, 1.82) is 0 Å². The van der Waals surface area contributed by atoms with Crippen LogP contribution in [0.5, 0.6) is 0 Å². The number of amides is 3. The third-order valence-electron chi connectivity index (χ3n) is 4.70. The molecule has 2 atom stereocenters. The molecule has 3 amide bonds. The van der Waals surface area contributed by atoms with Gasteiger partial charge in [-0.3, -0.25) is 14.4 Å². The SMILES string of the molecule is CC(C)CC(NC(=O)C(Cc1ccccc1)NC(=O)CNC(=O)c1ccccc1)C(=O)O. The summed E-state index contributed by atoms with van der Waals surface area (Å²) in [6, 6.07) is 15.5. The van der Waals surface area contributed by atoms with Gasteiger partial charge in [-0.25, -0.2) is 4.79 Å². The van der Waals surface area contributed by atoms with Crippen molar-refractivity contribution in [3.63, 3.8) is 0 Å². The summed E-state index contributed by atoms with van der Waals surface area (Å²) in [5, 5.41) is 17.1. The third kappa shape index (κ3) is 8.22. The lowest BCUT2D eigenvalue weighted by Gasteiger charge is -2.22. The Balaban J connectivity index is 2.05. The van der Waals surface area contributed by atoms with E-state index in [1.54, 1.807) is 30.3 Å². The normalized spacial score (nSPS) is 12.5. The molecule has 0 aromatic heterocycles. The number of carbonyl (C=O) groups excluding carboxylic acids is 3. The number of nitrogens with one attached hydrogen (secondary N) is 3. The average Bonchev–Trinajstić information content (AvgIpc) is 2.77. The Morgan fingerprint density at radius 3 is 2.00 bits per heavy atom. The summed E-state index contributed by atoms with van der Waals surface area (Å²) < 4.78 is 0. The van der Waals surface area contributed by atoms with Crippen LogP contribution in [0.2, 0.25) is 0 Å². The minimum absolute atomic E-state index is 0.0618. The highest BCUT2D eigenvalue weighted by Crippen LogP contribution is 2.08. The largest absolute Gasteiger partial charge is 0.480 e.